The van der Waals surface area contributed by atoms with Crippen molar-refractivity contribution in [2.24, 2.45) is 0 Å². The Morgan fingerprint density at radius 3 is 2.18 bits per heavy atom. The zero-order chi connectivity index (χ0) is 12.3. The normalized spacial score (nSPS) is 10.0. The number of methoxy groups -OCH3 is 1. The lowest BCUT2D eigenvalue weighted by Gasteiger charge is -2.02. The number of carbonyl (C=O) groups excluding carboxylic acids is 1. The summed E-state index contributed by atoms with van der Waals surface area (Å²) < 4.78 is 4.99. The van der Waals surface area contributed by atoms with Crippen molar-refractivity contribution >= 4 is 5.78 Å². The van der Waals surface area contributed by atoms with Gasteiger partial charge in [-0.3, -0.25) is 4.79 Å². The Labute approximate surface area is 99.3 Å². The first-order chi connectivity index (χ1) is 8.20. The monoisotopic (exact) mass is 228 g/mol. The van der Waals surface area contributed by atoms with E-state index in [1.165, 1.54) is 0 Å². The highest BCUT2D eigenvalue weighted by Crippen LogP contribution is 2.17. The third-order valence-electron chi connectivity index (χ3n) is 2.41. The van der Waals surface area contributed by atoms with Gasteiger partial charge >= 0.3 is 0 Å². The minimum Gasteiger partial charge on any atom is -0.494 e. The quantitative estimate of drug-likeness (QED) is 0.757. The van der Waals surface area contributed by atoms with Gasteiger partial charge in [-0.15, -0.1) is 0 Å². The Balaban J connectivity index is 2.29. The fourth-order valence-corrected chi connectivity index (χ4v) is 1.42. The van der Waals surface area contributed by atoms with Crippen molar-refractivity contribution in [3.8, 4) is 17.1 Å². The molecule has 2 aromatic rings. The molecule has 4 nitrogen and oxygen atoms in total. The molecule has 0 aliphatic heterocycles. The lowest BCUT2D eigenvalue weighted by atomic mass is 10.1. The van der Waals surface area contributed by atoms with Crippen molar-refractivity contribution in [1.29, 1.82) is 0 Å². The molecule has 86 valence electrons. The van der Waals surface area contributed by atoms with E-state index in [0.717, 1.165) is 5.56 Å². The summed E-state index contributed by atoms with van der Waals surface area (Å²) in [5, 5.41) is 0. The van der Waals surface area contributed by atoms with Crippen molar-refractivity contribution < 1.29 is 9.53 Å². The van der Waals surface area contributed by atoms with Crippen molar-refractivity contribution in [1.82, 2.24) is 9.97 Å². The number of nitrogens with zero attached hydrogens (tertiary/aromatic N) is 2. The van der Waals surface area contributed by atoms with Crippen LogP contribution in [0.3, 0.4) is 0 Å². The molecule has 0 atom stereocenters. The van der Waals surface area contributed by atoms with Crippen molar-refractivity contribution in [3.05, 3.63) is 42.2 Å². The summed E-state index contributed by atoms with van der Waals surface area (Å²) in [7, 11) is 1.57. The van der Waals surface area contributed by atoms with E-state index in [4.69, 9.17) is 4.74 Å². The summed E-state index contributed by atoms with van der Waals surface area (Å²) in [6, 6.07) is 7.20. The Morgan fingerprint density at radius 1 is 1.12 bits per heavy atom. The molecule has 0 radical (unpaired) electrons. The molecule has 0 unspecified atom stereocenters. The molecule has 0 saturated heterocycles. The summed E-state index contributed by atoms with van der Waals surface area (Å²) in [5.41, 5.74) is 1.56. The molecular formula is C13H12N2O2. The maximum absolute atomic E-state index is 11.1. The van der Waals surface area contributed by atoms with Gasteiger partial charge in [-0.2, -0.15) is 0 Å². The molecule has 4 heteroatoms. The molecule has 0 fully saturated rings. The molecule has 0 N–H and O–H groups in total. The van der Waals surface area contributed by atoms with E-state index in [-0.39, 0.29) is 5.78 Å². The highest BCUT2D eigenvalue weighted by molar-refractivity contribution is 5.94. The number of hydrogen-bond acceptors (Lipinski definition) is 4. The molecular weight excluding hydrogens is 216 g/mol. The Hall–Kier alpha value is -2.23. The first kappa shape index (κ1) is 11.3. The largest absolute Gasteiger partial charge is 0.494 e. The number of Topliss-reactive ketones (excluding diaryl/α,β-unsaturated/α-hetero) is 1. The van der Waals surface area contributed by atoms with E-state index >= 15 is 0 Å². The van der Waals surface area contributed by atoms with E-state index in [1.807, 2.05) is 12.1 Å². The van der Waals surface area contributed by atoms with Gasteiger partial charge in [-0.25, -0.2) is 9.97 Å². The fraction of sp³-hybridized carbons (Fsp3) is 0.154. The van der Waals surface area contributed by atoms with Crippen molar-refractivity contribution in [3.63, 3.8) is 0 Å². The SMILES string of the molecule is COc1cnc(-c2ccc(C(C)=O)cc2)nc1. The molecule has 0 saturated carbocycles. The molecule has 0 amide bonds. The first-order valence-corrected chi connectivity index (χ1v) is 5.18. The fourth-order valence-electron chi connectivity index (χ4n) is 1.42. The molecule has 0 aliphatic carbocycles. The Morgan fingerprint density at radius 2 is 1.71 bits per heavy atom. The van der Waals surface area contributed by atoms with Gasteiger partial charge < -0.3 is 4.74 Å². The average Bonchev–Trinajstić information content (AvgIpc) is 2.39. The Bertz CT molecular complexity index is 518. The molecule has 0 bridgehead atoms. The predicted molar refractivity (Wildman–Crippen MR) is 64.0 cm³/mol. The number of carbonyl (C=O) groups is 1. The number of hydrogen-bond donors (Lipinski definition) is 0. The van der Waals surface area contributed by atoms with Gasteiger partial charge in [0.15, 0.2) is 17.4 Å². The van der Waals surface area contributed by atoms with Crippen LogP contribution in [0.1, 0.15) is 17.3 Å². The summed E-state index contributed by atoms with van der Waals surface area (Å²) in [4.78, 5) is 19.5. The number of ketones is 1. The van der Waals surface area contributed by atoms with Crippen LogP contribution in [0, 0.1) is 0 Å². The molecule has 1 aromatic heterocycles. The summed E-state index contributed by atoms with van der Waals surface area (Å²) in [6.45, 7) is 1.54. The van der Waals surface area contributed by atoms with Gasteiger partial charge in [-0.05, 0) is 6.92 Å². The number of ether oxygens (including phenoxy) is 1. The number of aromatic nitrogens is 2. The molecule has 0 aliphatic rings. The van der Waals surface area contributed by atoms with E-state index in [1.54, 1.807) is 38.6 Å². The number of rotatable bonds is 3. The smallest absolute Gasteiger partial charge is 0.159 e. The van der Waals surface area contributed by atoms with E-state index in [2.05, 4.69) is 9.97 Å². The molecule has 1 heterocycles. The van der Waals surface area contributed by atoms with Crippen LogP contribution >= 0.6 is 0 Å². The predicted octanol–water partition coefficient (Wildman–Crippen LogP) is 2.35. The molecule has 2 rings (SSSR count). The minimum atomic E-state index is 0.0483. The first-order valence-electron chi connectivity index (χ1n) is 5.18. The van der Waals surface area contributed by atoms with Gasteiger partial charge in [-0.1, -0.05) is 24.3 Å². The molecule has 1 aromatic carbocycles. The molecule has 0 spiro atoms. The standard InChI is InChI=1S/C13H12N2O2/c1-9(16)10-3-5-11(6-4-10)13-14-7-12(17-2)8-15-13/h3-8H,1-2H3. The van der Waals surface area contributed by atoms with Crippen LogP contribution < -0.4 is 4.74 Å². The van der Waals surface area contributed by atoms with Gasteiger partial charge in [0.25, 0.3) is 0 Å². The lowest BCUT2D eigenvalue weighted by molar-refractivity contribution is 0.101. The summed E-state index contributed by atoms with van der Waals surface area (Å²) in [5.74, 6) is 1.28. The zero-order valence-corrected chi connectivity index (χ0v) is 9.68. The second-order valence-electron chi connectivity index (χ2n) is 3.58. The van der Waals surface area contributed by atoms with Crippen molar-refractivity contribution in [2.75, 3.05) is 7.11 Å². The topological polar surface area (TPSA) is 52.1 Å². The second-order valence-corrected chi connectivity index (χ2v) is 3.58. The van der Waals surface area contributed by atoms with Crippen molar-refractivity contribution in [2.45, 2.75) is 6.92 Å². The highest BCUT2D eigenvalue weighted by Gasteiger charge is 2.03. The van der Waals surface area contributed by atoms with E-state index in [9.17, 15) is 4.79 Å². The Kier molecular flexibility index (Phi) is 3.14. The third-order valence-corrected chi connectivity index (χ3v) is 2.41. The van der Waals surface area contributed by atoms with E-state index in [0.29, 0.717) is 17.1 Å². The maximum atomic E-state index is 11.1. The van der Waals surface area contributed by atoms with Crippen LogP contribution in [0.2, 0.25) is 0 Å². The van der Waals surface area contributed by atoms with Gasteiger partial charge in [0, 0.05) is 11.1 Å². The maximum Gasteiger partial charge on any atom is 0.159 e. The highest BCUT2D eigenvalue weighted by atomic mass is 16.5. The van der Waals surface area contributed by atoms with Gasteiger partial charge in [0.1, 0.15) is 0 Å². The van der Waals surface area contributed by atoms with E-state index < -0.39 is 0 Å². The molecule has 17 heavy (non-hydrogen) atoms. The third kappa shape index (κ3) is 2.47. The number of benzene rings is 1. The van der Waals surface area contributed by atoms with Crippen LogP contribution in [-0.4, -0.2) is 22.9 Å². The van der Waals surface area contributed by atoms with Gasteiger partial charge in [0.05, 0.1) is 19.5 Å². The van der Waals surface area contributed by atoms with Crippen LogP contribution in [0.25, 0.3) is 11.4 Å². The summed E-state index contributed by atoms with van der Waals surface area (Å²) >= 11 is 0. The van der Waals surface area contributed by atoms with Crippen LogP contribution in [-0.2, 0) is 0 Å². The van der Waals surface area contributed by atoms with Crippen LogP contribution in [0.4, 0.5) is 0 Å². The average molecular weight is 228 g/mol. The second kappa shape index (κ2) is 4.74. The zero-order valence-electron chi connectivity index (χ0n) is 9.68. The lowest BCUT2D eigenvalue weighted by Crippen LogP contribution is -1.93. The van der Waals surface area contributed by atoms with Gasteiger partial charge in [0.2, 0.25) is 0 Å². The van der Waals surface area contributed by atoms with Crippen LogP contribution in [0.5, 0.6) is 5.75 Å². The minimum absolute atomic E-state index is 0.0483. The summed E-state index contributed by atoms with van der Waals surface area (Å²) in [6.07, 6.45) is 3.22. The van der Waals surface area contributed by atoms with Crippen LogP contribution in [0.15, 0.2) is 36.7 Å².